The van der Waals surface area contributed by atoms with E-state index in [1.54, 1.807) is 0 Å². The first kappa shape index (κ1) is 8.54. The molecular formula is C6H9N5O. The van der Waals surface area contributed by atoms with Crippen LogP contribution >= 0.6 is 0 Å². The maximum Gasteiger partial charge on any atom is 0.127 e. The minimum Gasteiger partial charge on any atom is -0.416 e. The van der Waals surface area contributed by atoms with Crippen LogP contribution in [-0.2, 0) is 4.84 Å². The zero-order chi connectivity index (χ0) is 8.81. The van der Waals surface area contributed by atoms with Crippen LogP contribution in [0.25, 0.3) is 0 Å². The molecule has 2 N–H and O–H groups in total. The lowest BCUT2D eigenvalue weighted by Gasteiger charge is -1.79. The van der Waals surface area contributed by atoms with Crippen molar-refractivity contribution >= 4 is 0 Å². The highest BCUT2D eigenvalue weighted by Crippen LogP contribution is 2.28. The van der Waals surface area contributed by atoms with Gasteiger partial charge in [0, 0.05) is 6.42 Å². The maximum atomic E-state index is 4.77. The normalized spacial score (nSPS) is 13.2. The van der Waals surface area contributed by atoms with E-state index in [0.29, 0.717) is 0 Å². The van der Waals surface area contributed by atoms with Gasteiger partial charge in [0.05, 0.1) is 12.4 Å². The molecule has 1 aromatic rings. The van der Waals surface area contributed by atoms with E-state index < -0.39 is 0 Å². The average Bonchev–Trinajstić information content (AvgIpc) is 2.86. The predicted molar refractivity (Wildman–Crippen MR) is 40.2 cm³/mol. The largest absolute Gasteiger partial charge is 0.416 e. The monoisotopic (exact) mass is 167 g/mol. The molecule has 6 heteroatoms. The molecule has 0 aromatic carbocycles. The third kappa shape index (κ3) is 3.02. The standard InChI is InChI=1S/C4H7NO.C2H2N4/c1-3-2-4(3)6-5;1-2-4-6-5-3-1/h2,5H2,1H3;1-2H. The minimum atomic E-state index is 0.954. The van der Waals surface area contributed by atoms with Crippen LogP contribution in [0.15, 0.2) is 23.7 Å². The summed E-state index contributed by atoms with van der Waals surface area (Å²) in [6.45, 7) is 2.00. The van der Waals surface area contributed by atoms with Gasteiger partial charge < -0.3 is 4.84 Å². The van der Waals surface area contributed by atoms with Crippen LogP contribution in [-0.4, -0.2) is 20.6 Å². The van der Waals surface area contributed by atoms with Crippen LogP contribution in [0.5, 0.6) is 0 Å². The Morgan fingerprint density at radius 3 is 1.92 bits per heavy atom. The van der Waals surface area contributed by atoms with E-state index in [-0.39, 0.29) is 0 Å². The summed E-state index contributed by atoms with van der Waals surface area (Å²) in [5.74, 6) is 5.72. The smallest absolute Gasteiger partial charge is 0.127 e. The lowest BCUT2D eigenvalue weighted by molar-refractivity contribution is 0.236. The van der Waals surface area contributed by atoms with Crippen LogP contribution in [0.3, 0.4) is 0 Å². The Kier molecular flexibility index (Phi) is 3.09. The second-order valence-electron chi connectivity index (χ2n) is 2.21. The fraction of sp³-hybridized carbons (Fsp3) is 0.333. The Labute approximate surface area is 69.4 Å². The van der Waals surface area contributed by atoms with Crippen molar-refractivity contribution in [2.24, 2.45) is 5.90 Å². The van der Waals surface area contributed by atoms with Crippen molar-refractivity contribution in [3.05, 3.63) is 23.7 Å². The Bertz CT molecular complexity index is 233. The van der Waals surface area contributed by atoms with E-state index in [9.17, 15) is 0 Å². The SMILES string of the molecule is CC1=C(ON)C1.c1cnnnn1. The second-order valence-corrected chi connectivity index (χ2v) is 2.21. The summed E-state index contributed by atoms with van der Waals surface area (Å²) in [4.78, 5) is 4.35. The molecule has 0 fully saturated rings. The average molecular weight is 167 g/mol. The summed E-state index contributed by atoms with van der Waals surface area (Å²) in [6.07, 6.45) is 3.91. The third-order valence-electron chi connectivity index (χ3n) is 1.26. The highest BCUT2D eigenvalue weighted by Gasteiger charge is 2.16. The maximum absolute atomic E-state index is 4.77. The van der Waals surface area contributed by atoms with Gasteiger partial charge in [0.25, 0.3) is 0 Å². The van der Waals surface area contributed by atoms with Gasteiger partial charge in [-0.05, 0) is 22.9 Å². The van der Waals surface area contributed by atoms with Gasteiger partial charge in [-0.1, -0.05) is 0 Å². The molecule has 0 saturated carbocycles. The van der Waals surface area contributed by atoms with Gasteiger partial charge in [-0.3, -0.25) is 0 Å². The first-order chi connectivity index (χ1) is 5.84. The number of hydrogen-bond donors (Lipinski definition) is 1. The quantitative estimate of drug-likeness (QED) is 0.584. The molecular weight excluding hydrogens is 158 g/mol. The lowest BCUT2D eigenvalue weighted by Crippen LogP contribution is -1.89. The third-order valence-corrected chi connectivity index (χ3v) is 1.26. The van der Waals surface area contributed by atoms with Crippen LogP contribution in [0, 0.1) is 0 Å². The molecule has 0 atom stereocenters. The molecule has 0 radical (unpaired) electrons. The second kappa shape index (κ2) is 4.35. The highest BCUT2D eigenvalue weighted by atomic mass is 16.6. The van der Waals surface area contributed by atoms with Gasteiger partial charge in [0.1, 0.15) is 5.76 Å². The van der Waals surface area contributed by atoms with Crippen molar-refractivity contribution < 1.29 is 4.84 Å². The summed E-state index contributed by atoms with van der Waals surface area (Å²) < 4.78 is 0. The number of nitrogens with two attached hydrogens (primary N) is 1. The fourth-order valence-corrected chi connectivity index (χ4v) is 0.504. The molecule has 0 bridgehead atoms. The Balaban J connectivity index is 0.000000120. The molecule has 0 spiro atoms. The lowest BCUT2D eigenvalue weighted by atomic mass is 10.6. The number of hydrogen-bond acceptors (Lipinski definition) is 6. The van der Waals surface area contributed by atoms with Crippen LogP contribution in [0.1, 0.15) is 13.3 Å². The van der Waals surface area contributed by atoms with Gasteiger partial charge in [0.15, 0.2) is 0 Å². The van der Waals surface area contributed by atoms with E-state index in [4.69, 9.17) is 5.90 Å². The summed E-state index contributed by atoms with van der Waals surface area (Å²) >= 11 is 0. The molecule has 64 valence electrons. The van der Waals surface area contributed by atoms with Gasteiger partial charge in [-0.25, -0.2) is 0 Å². The molecule has 6 nitrogen and oxygen atoms in total. The van der Waals surface area contributed by atoms with Gasteiger partial charge >= 0.3 is 0 Å². The van der Waals surface area contributed by atoms with E-state index >= 15 is 0 Å². The Morgan fingerprint density at radius 2 is 1.83 bits per heavy atom. The molecule has 1 heterocycles. The molecule has 0 saturated heterocycles. The van der Waals surface area contributed by atoms with E-state index in [0.717, 1.165) is 12.2 Å². The zero-order valence-corrected chi connectivity index (χ0v) is 6.64. The van der Waals surface area contributed by atoms with Gasteiger partial charge in [-0.2, -0.15) is 5.90 Å². The first-order valence-electron chi connectivity index (χ1n) is 3.35. The Morgan fingerprint density at radius 1 is 1.33 bits per heavy atom. The molecule has 12 heavy (non-hydrogen) atoms. The molecule has 0 aliphatic heterocycles. The Hall–Kier alpha value is -1.56. The highest BCUT2D eigenvalue weighted by molar-refractivity contribution is 5.26. The van der Waals surface area contributed by atoms with Crippen LogP contribution in [0.2, 0.25) is 0 Å². The van der Waals surface area contributed by atoms with E-state index in [1.165, 1.54) is 18.0 Å². The summed E-state index contributed by atoms with van der Waals surface area (Å²) in [5.41, 5.74) is 1.28. The van der Waals surface area contributed by atoms with Crippen LogP contribution < -0.4 is 5.90 Å². The molecule has 1 aromatic heterocycles. The van der Waals surface area contributed by atoms with Crippen molar-refractivity contribution in [1.82, 2.24) is 20.6 Å². The van der Waals surface area contributed by atoms with Crippen LogP contribution in [0.4, 0.5) is 0 Å². The van der Waals surface area contributed by atoms with Gasteiger partial charge in [-0.15, -0.1) is 10.2 Å². The number of allylic oxidation sites excluding steroid dienone is 2. The van der Waals surface area contributed by atoms with Crippen molar-refractivity contribution in [1.29, 1.82) is 0 Å². The van der Waals surface area contributed by atoms with Crippen molar-refractivity contribution in [3.8, 4) is 0 Å². The molecule has 0 unspecified atom stereocenters. The van der Waals surface area contributed by atoms with Crippen molar-refractivity contribution in [3.63, 3.8) is 0 Å². The topological polar surface area (TPSA) is 86.8 Å². The van der Waals surface area contributed by atoms with Crippen molar-refractivity contribution in [2.75, 3.05) is 0 Å². The first-order valence-corrected chi connectivity index (χ1v) is 3.35. The molecule has 1 aliphatic rings. The minimum absolute atomic E-state index is 0.954. The zero-order valence-electron chi connectivity index (χ0n) is 6.64. The number of rotatable bonds is 1. The molecule has 0 amide bonds. The predicted octanol–water partition coefficient (Wildman–Crippen LogP) is -0.179. The van der Waals surface area contributed by atoms with E-state index in [2.05, 4.69) is 25.5 Å². The van der Waals surface area contributed by atoms with Crippen molar-refractivity contribution in [2.45, 2.75) is 13.3 Å². The summed E-state index contributed by atoms with van der Waals surface area (Å²) in [6, 6.07) is 0. The fourth-order valence-electron chi connectivity index (χ4n) is 0.504. The number of nitrogens with zero attached hydrogens (tertiary/aromatic N) is 4. The molecule has 1 aliphatic carbocycles. The molecule has 2 rings (SSSR count). The summed E-state index contributed by atoms with van der Waals surface area (Å²) in [5, 5.41) is 13.1. The number of aromatic nitrogens is 4. The van der Waals surface area contributed by atoms with Gasteiger partial charge in [0.2, 0.25) is 0 Å². The summed E-state index contributed by atoms with van der Waals surface area (Å²) in [7, 11) is 0. The van der Waals surface area contributed by atoms with E-state index in [1.807, 2.05) is 6.92 Å².